The van der Waals surface area contributed by atoms with E-state index in [-0.39, 0.29) is 45.1 Å². The summed E-state index contributed by atoms with van der Waals surface area (Å²) in [6, 6.07) is 2.17. The Morgan fingerprint density at radius 3 is 2.33 bits per heavy atom. The van der Waals surface area contributed by atoms with E-state index in [2.05, 4.69) is 4.98 Å². The topological polar surface area (TPSA) is 138 Å². The van der Waals surface area contributed by atoms with Crippen molar-refractivity contribution in [1.29, 1.82) is 0 Å². The fraction of sp³-hybridized carbons (Fsp3) is 0.263. The number of hydrogen-bond acceptors (Lipinski definition) is 5. The number of H-pyrrole nitrogens is 1. The summed E-state index contributed by atoms with van der Waals surface area (Å²) in [5.41, 5.74) is -1.17. The standard InChI is InChI=1S/C19H17NO7/c1-3-5-8-6-12(22)27-17-13(8)16-14(9(4-2)15(17)19(25)26)11(21)7-10(20-16)18(23)24/h6-7H,3-5H2,1-2H3,(H,20,21)(H,23,24)(H,25,26). The summed E-state index contributed by atoms with van der Waals surface area (Å²) in [6.07, 6.45) is 1.27. The second-order valence-electron chi connectivity index (χ2n) is 6.16. The van der Waals surface area contributed by atoms with Gasteiger partial charge in [-0.2, -0.15) is 0 Å². The molecule has 3 N–H and O–H groups in total. The number of aryl methyl sites for hydroxylation is 2. The number of carboxylic acid groups (broad SMARTS) is 2. The van der Waals surface area contributed by atoms with E-state index >= 15 is 0 Å². The lowest BCUT2D eigenvalue weighted by atomic mass is 9.92. The quantitative estimate of drug-likeness (QED) is 0.463. The molecule has 0 saturated carbocycles. The zero-order valence-corrected chi connectivity index (χ0v) is 14.7. The van der Waals surface area contributed by atoms with Crippen molar-refractivity contribution >= 4 is 33.8 Å². The Balaban J connectivity index is 2.75. The molecule has 2 aromatic heterocycles. The third-order valence-electron chi connectivity index (χ3n) is 4.47. The van der Waals surface area contributed by atoms with Gasteiger partial charge in [-0.3, -0.25) is 4.79 Å². The van der Waals surface area contributed by atoms with E-state index in [9.17, 15) is 29.4 Å². The van der Waals surface area contributed by atoms with E-state index in [1.165, 1.54) is 6.07 Å². The SMILES string of the molecule is CCCc1cc(=O)oc2c(C(=O)O)c(CC)c3c(=O)cc(C(=O)O)[nH]c3c12. The molecule has 0 atom stereocenters. The van der Waals surface area contributed by atoms with Gasteiger partial charge in [-0.1, -0.05) is 20.3 Å². The van der Waals surface area contributed by atoms with E-state index < -0.39 is 23.0 Å². The number of carbonyl (C=O) groups is 2. The summed E-state index contributed by atoms with van der Waals surface area (Å²) < 4.78 is 5.23. The number of aromatic carboxylic acids is 2. The van der Waals surface area contributed by atoms with Crippen LogP contribution >= 0.6 is 0 Å². The molecular formula is C19H17NO7. The minimum absolute atomic E-state index is 0.0959. The van der Waals surface area contributed by atoms with Gasteiger partial charge in [0.2, 0.25) is 0 Å². The molecule has 8 heteroatoms. The van der Waals surface area contributed by atoms with Crippen molar-refractivity contribution in [3.05, 3.63) is 55.2 Å². The minimum Gasteiger partial charge on any atom is -0.478 e. The Labute approximate surface area is 152 Å². The third-order valence-corrected chi connectivity index (χ3v) is 4.47. The minimum atomic E-state index is -1.32. The van der Waals surface area contributed by atoms with Gasteiger partial charge in [0.25, 0.3) is 0 Å². The predicted octanol–water partition coefficient (Wildman–Crippen LogP) is 2.55. The van der Waals surface area contributed by atoms with Crippen LogP contribution in [0.5, 0.6) is 0 Å². The van der Waals surface area contributed by atoms with Crippen molar-refractivity contribution in [3.8, 4) is 0 Å². The molecule has 0 aliphatic rings. The molecule has 27 heavy (non-hydrogen) atoms. The van der Waals surface area contributed by atoms with Crippen LogP contribution in [0.3, 0.4) is 0 Å². The van der Waals surface area contributed by atoms with Crippen LogP contribution in [0.15, 0.2) is 26.1 Å². The fourth-order valence-electron chi connectivity index (χ4n) is 3.46. The van der Waals surface area contributed by atoms with Gasteiger partial charge in [-0.25, -0.2) is 14.4 Å². The molecule has 140 valence electrons. The number of fused-ring (bicyclic) bond motifs is 3. The van der Waals surface area contributed by atoms with E-state index in [0.717, 1.165) is 6.07 Å². The highest BCUT2D eigenvalue weighted by molar-refractivity contribution is 6.15. The Bertz CT molecular complexity index is 1220. The zero-order valence-electron chi connectivity index (χ0n) is 14.7. The fourth-order valence-corrected chi connectivity index (χ4v) is 3.46. The lowest BCUT2D eigenvalue weighted by molar-refractivity contribution is 0.0682. The van der Waals surface area contributed by atoms with Crippen molar-refractivity contribution in [2.24, 2.45) is 0 Å². The zero-order chi connectivity index (χ0) is 19.9. The van der Waals surface area contributed by atoms with Gasteiger partial charge >= 0.3 is 17.6 Å². The smallest absolute Gasteiger partial charge is 0.352 e. The van der Waals surface area contributed by atoms with Gasteiger partial charge in [0.05, 0.1) is 10.9 Å². The monoisotopic (exact) mass is 371 g/mol. The van der Waals surface area contributed by atoms with Gasteiger partial charge < -0.3 is 19.6 Å². The van der Waals surface area contributed by atoms with Crippen molar-refractivity contribution < 1.29 is 24.2 Å². The highest BCUT2D eigenvalue weighted by Crippen LogP contribution is 2.33. The number of aromatic nitrogens is 1. The summed E-state index contributed by atoms with van der Waals surface area (Å²) in [5, 5.41) is 19.4. The first-order chi connectivity index (χ1) is 12.8. The average molecular weight is 371 g/mol. The second-order valence-corrected chi connectivity index (χ2v) is 6.16. The maximum absolute atomic E-state index is 12.7. The highest BCUT2D eigenvalue weighted by atomic mass is 16.4. The molecular weight excluding hydrogens is 354 g/mol. The number of benzene rings is 1. The lowest BCUT2D eigenvalue weighted by Crippen LogP contribution is -2.16. The molecule has 2 heterocycles. The van der Waals surface area contributed by atoms with E-state index in [1.54, 1.807) is 6.92 Å². The van der Waals surface area contributed by atoms with Crippen LogP contribution in [0.2, 0.25) is 0 Å². The van der Waals surface area contributed by atoms with Crippen LogP contribution in [-0.4, -0.2) is 27.1 Å². The molecule has 0 unspecified atom stereocenters. The predicted molar refractivity (Wildman–Crippen MR) is 97.9 cm³/mol. The van der Waals surface area contributed by atoms with E-state index in [0.29, 0.717) is 18.4 Å². The summed E-state index contributed by atoms with van der Waals surface area (Å²) in [5.74, 6) is -2.64. The first kappa shape index (κ1) is 18.4. The molecule has 0 fully saturated rings. The van der Waals surface area contributed by atoms with E-state index in [4.69, 9.17) is 4.42 Å². The molecule has 0 bridgehead atoms. The van der Waals surface area contributed by atoms with Crippen LogP contribution in [0.4, 0.5) is 0 Å². The Morgan fingerprint density at radius 1 is 1.07 bits per heavy atom. The van der Waals surface area contributed by atoms with Crippen molar-refractivity contribution in [1.82, 2.24) is 4.98 Å². The Hall–Kier alpha value is -3.42. The molecule has 0 saturated heterocycles. The van der Waals surface area contributed by atoms with Crippen LogP contribution in [0, 0.1) is 0 Å². The molecule has 0 amide bonds. The third kappa shape index (κ3) is 2.88. The second kappa shape index (κ2) is 6.71. The molecule has 3 aromatic rings. The van der Waals surface area contributed by atoms with Crippen LogP contribution in [0.1, 0.15) is 52.2 Å². The number of aromatic amines is 1. The van der Waals surface area contributed by atoms with Gasteiger partial charge in [-0.05, 0) is 24.0 Å². The molecule has 8 nitrogen and oxygen atoms in total. The van der Waals surface area contributed by atoms with Gasteiger partial charge in [0.1, 0.15) is 11.3 Å². The number of nitrogens with one attached hydrogen (secondary N) is 1. The highest BCUT2D eigenvalue weighted by Gasteiger charge is 2.25. The largest absolute Gasteiger partial charge is 0.478 e. The van der Waals surface area contributed by atoms with Crippen LogP contribution in [0.25, 0.3) is 21.9 Å². The molecule has 0 aliphatic carbocycles. The maximum Gasteiger partial charge on any atom is 0.352 e. The molecule has 0 spiro atoms. The van der Waals surface area contributed by atoms with Gasteiger partial charge in [0, 0.05) is 17.5 Å². The number of carboxylic acids is 2. The van der Waals surface area contributed by atoms with Crippen LogP contribution in [-0.2, 0) is 12.8 Å². The number of rotatable bonds is 5. The van der Waals surface area contributed by atoms with Crippen molar-refractivity contribution in [3.63, 3.8) is 0 Å². The van der Waals surface area contributed by atoms with Crippen molar-refractivity contribution in [2.75, 3.05) is 0 Å². The van der Waals surface area contributed by atoms with E-state index in [1.807, 2.05) is 6.92 Å². The van der Waals surface area contributed by atoms with Crippen LogP contribution < -0.4 is 11.1 Å². The summed E-state index contributed by atoms with van der Waals surface area (Å²) in [4.78, 5) is 50.7. The average Bonchev–Trinajstić information content (AvgIpc) is 2.59. The summed E-state index contributed by atoms with van der Waals surface area (Å²) in [7, 11) is 0. The Kier molecular flexibility index (Phi) is 4.57. The number of pyridine rings is 1. The maximum atomic E-state index is 12.7. The van der Waals surface area contributed by atoms with Crippen molar-refractivity contribution in [2.45, 2.75) is 33.1 Å². The summed E-state index contributed by atoms with van der Waals surface area (Å²) in [6.45, 7) is 3.55. The Morgan fingerprint density at radius 2 is 1.78 bits per heavy atom. The normalized spacial score (nSPS) is 11.2. The lowest BCUT2D eigenvalue weighted by Gasteiger charge is -2.15. The molecule has 0 aliphatic heterocycles. The van der Waals surface area contributed by atoms with Gasteiger partial charge in [-0.15, -0.1) is 0 Å². The number of hydrogen-bond donors (Lipinski definition) is 3. The molecule has 0 radical (unpaired) electrons. The molecule has 3 rings (SSSR count). The molecule has 1 aromatic carbocycles. The first-order valence-corrected chi connectivity index (χ1v) is 8.45. The first-order valence-electron chi connectivity index (χ1n) is 8.45. The van der Waals surface area contributed by atoms with Gasteiger partial charge in [0.15, 0.2) is 11.0 Å². The summed E-state index contributed by atoms with van der Waals surface area (Å²) >= 11 is 0.